The Bertz CT molecular complexity index is 2460. The van der Waals surface area contributed by atoms with Crippen molar-refractivity contribution in [1.82, 2.24) is 9.19 Å². The van der Waals surface area contributed by atoms with Crippen molar-refractivity contribution in [2.75, 3.05) is 5.33 Å². The summed E-state index contributed by atoms with van der Waals surface area (Å²) in [5.41, 5.74) is -6.66. The molecule has 0 aromatic heterocycles. The second-order valence-electron chi connectivity index (χ2n) is 15.7. The van der Waals surface area contributed by atoms with Gasteiger partial charge >= 0.3 is 30.5 Å². The number of ether oxygens (including phenoxy) is 1. The second kappa shape index (κ2) is 26.0. The maximum absolute atomic E-state index is 13.9. The molecule has 0 bridgehead atoms. The molecule has 2 aliphatic heterocycles. The van der Waals surface area contributed by atoms with E-state index >= 15 is 0 Å². The number of carbonyl (C=O) groups excluding carboxylic acids is 3. The van der Waals surface area contributed by atoms with Crippen molar-refractivity contribution in [2.24, 2.45) is 5.92 Å². The molecule has 1 N–H and O–H groups in total. The van der Waals surface area contributed by atoms with Crippen molar-refractivity contribution in [3.8, 4) is 5.75 Å². The van der Waals surface area contributed by atoms with Gasteiger partial charge in [0.15, 0.2) is 5.78 Å². The second-order valence-corrected chi connectivity index (χ2v) is 19.2. The SMILES string of the molecule is CC(=O)C(C)C(C)O.CC(=O)C1OC1C.CC(=O)CBr.O=S(ON1B(Br)N(S(=O)Oc2cc(C(F)(F)F)cc(C(F)(F)F)c2)C(c2ccccc2)C1c1ccccc1)c1cc(C(F)(F)F)cc(C(F)(F)F)c1. The Morgan fingerprint density at radius 3 is 1.38 bits per heavy atom. The lowest BCUT2D eigenvalue weighted by Crippen LogP contribution is -2.42. The van der Waals surface area contributed by atoms with Gasteiger partial charge < -0.3 is 14.0 Å². The third kappa shape index (κ3) is 18.1. The Kier molecular flexibility index (Phi) is 22.5. The van der Waals surface area contributed by atoms with Crippen molar-refractivity contribution < 1.29 is 93.8 Å². The van der Waals surface area contributed by atoms with Gasteiger partial charge in [-0.1, -0.05) is 83.5 Å². The summed E-state index contributed by atoms with van der Waals surface area (Å²) in [4.78, 5) is 30.2. The van der Waals surface area contributed by atoms with E-state index in [9.17, 15) is 75.5 Å². The molecule has 8 unspecified atom stereocenters. The van der Waals surface area contributed by atoms with Crippen LogP contribution in [0.3, 0.4) is 0 Å². The molecule has 2 fully saturated rings. The van der Waals surface area contributed by atoms with Gasteiger partial charge in [-0.3, -0.25) is 14.4 Å². The van der Waals surface area contributed by atoms with Crippen LogP contribution in [-0.4, -0.2) is 69.5 Å². The van der Waals surface area contributed by atoms with Crippen molar-refractivity contribution >= 4 is 77.2 Å². The maximum Gasteiger partial charge on any atom is 0.432 e. The topological polar surface area (TPSA) is 143 Å². The van der Waals surface area contributed by atoms with Crippen LogP contribution in [-0.2, 0) is 70.5 Å². The van der Waals surface area contributed by atoms with Crippen LogP contribution >= 0.6 is 31.7 Å². The number of carbonyl (C=O) groups is 3. The van der Waals surface area contributed by atoms with E-state index in [1.54, 1.807) is 32.9 Å². The number of aliphatic hydroxyl groups is 1. The van der Waals surface area contributed by atoms with E-state index in [-0.39, 0.29) is 83.0 Å². The van der Waals surface area contributed by atoms with Crippen LogP contribution in [0.2, 0.25) is 0 Å². The van der Waals surface area contributed by atoms with Crippen LogP contribution < -0.4 is 4.18 Å². The van der Waals surface area contributed by atoms with Crippen LogP contribution in [0.1, 0.15) is 87.0 Å². The highest BCUT2D eigenvalue weighted by Gasteiger charge is 2.56. The zero-order valence-electron chi connectivity index (χ0n) is 38.2. The van der Waals surface area contributed by atoms with E-state index in [1.165, 1.54) is 62.4 Å². The number of benzene rings is 4. The summed E-state index contributed by atoms with van der Waals surface area (Å²) in [6.45, 7) is 9.80. The molecule has 0 spiro atoms. The molecule has 28 heteroatoms. The molecule has 0 amide bonds. The van der Waals surface area contributed by atoms with Crippen LogP contribution in [0.5, 0.6) is 5.75 Å². The van der Waals surface area contributed by atoms with Gasteiger partial charge in [0.2, 0.25) is 11.1 Å². The van der Waals surface area contributed by atoms with Gasteiger partial charge in [-0.15, -0.1) is 15.8 Å². The van der Waals surface area contributed by atoms with Crippen molar-refractivity contribution in [1.29, 1.82) is 0 Å². The van der Waals surface area contributed by atoms with Gasteiger partial charge in [0.05, 0.1) is 56.8 Å². The number of rotatable bonds is 12. The normalized spacial score (nSPS) is 20.0. The Hall–Kier alpha value is -4.03. The fourth-order valence-electron chi connectivity index (χ4n) is 6.06. The van der Waals surface area contributed by atoms with Gasteiger partial charge in [0.1, 0.15) is 23.4 Å². The summed E-state index contributed by atoms with van der Waals surface area (Å²) in [6.07, 6.45) is -21.6. The third-order valence-corrected chi connectivity index (χ3v) is 14.0. The first-order chi connectivity index (χ1) is 33.1. The molecule has 0 aliphatic carbocycles. The first kappa shape index (κ1) is 62.3. The fourth-order valence-corrected chi connectivity index (χ4v) is 9.04. The number of hydroxylamine groups is 1. The largest absolute Gasteiger partial charge is 0.432 e. The van der Waals surface area contributed by atoms with Crippen LogP contribution in [0.25, 0.3) is 0 Å². The minimum absolute atomic E-state index is 0.0417. The van der Waals surface area contributed by atoms with E-state index in [1.807, 2.05) is 6.92 Å². The van der Waals surface area contributed by atoms with E-state index in [4.69, 9.17) is 18.3 Å². The summed E-state index contributed by atoms with van der Waals surface area (Å²) in [5.74, 6) is -2.66. The number of Topliss-reactive ketones (excluding diaryl/α,β-unsaturated/α-hetero) is 3. The van der Waals surface area contributed by atoms with Crippen molar-refractivity contribution in [3.63, 3.8) is 0 Å². The average molecular weight is 1210 g/mol. The number of alkyl halides is 13. The molecule has 2 heterocycles. The Labute approximate surface area is 427 Å². The summed E-state index contributed by atoms with van der Waals surface area (Å²) in [5, 5.41) is 9.25. The monoisotopic (exact) mass is 1200 g/mol. The molecule has 72 heavy (non-hydrogen) atoms. The molecular formula is C44H43BBr2F12N2O9S2. The van der Waals surface area contributed by atoms with E-state index in [2.05, 4.69) is 31.7 Å². The first-order valence-electron chi connectivity index (χ1n) is 20.6. The van der Waals surface area contributed by atoms with Gasteiger partial charge in [-0.05, 0) is 82.1 Å². The minimum Gasteiger partial charge on any atom is -0.393 e. The number of halogens is 14. The van der Waals surface area contributed by atoms with Crippen LogP contribution in [0, 0.1) is 5.92 Å². The Balaban J connectivity index is 0.000000569. The lowest BCUT2D eigenvalue weighted by Gasteiger charge is -2.28. The predicted molar refractivity (Wildman–Crippen MR) is 247 cm³/mol. The van der Waals surface area contributed by atoms with Gasteiger partial charge in [-0.2, -0.15) is 66.1 Å². The van der Waals surface area contributed by atoms with E-state index < -0.39 is 104 Å². The predicted octanol–water partition coefficient (Wildman–Crippen LogP) is 11.8. The zero-order valence-corrected chi connectivity index (χ0v) is 43.0. The number of hydrogen-bond donors (Lipinski definition) is 1. The van der Waals surface area contributed by atoms with E-state index in [0.29, 0.717) is 5.33 Å². The molecule has 8 atom stereocenters. The molecule has 11 nitrogen and oxygen atoms in total. The molecule has 0 saturated carbocycles. The zero-order chi connectivity index (χ0) is 54.8. The average Bonchev–Trinajstić information content (AvgIpc) is 3.97. The molecule has 4 aromatic carbocycles. The van der Waals surface area contributed by atoms with Gasteiger partial charge in [0.25, 0.3) is 11.3 Å². The Morgan fingerprint density at radius 1 is 0.708 bits per heavy atom. The fraction of sp³-hybridized carbons (Fsp3) is 0.386. The molecule has 2 aliphatic rings. The summed E-state index contributed by atoms with van der Waals surface area (Å²) >= 11 is -0.102. The number of epoxide rings is 1. The molecule has 0 radical (unpaired) electrons. The molecule has 4 aromatic rings. The third-order valence-electron chi connectivity index (χ3n) is 10.0. The van der Waals surface area contributed by atoms with Crippen LogP contribution in [0.4, 0.5) is 52.7 Å². The minimum atomic E-state index is -5.31. The lowest BCUT2D eigenvalue weighted by molar-refractivity contribution is -0.144. The number of aliphatic hydroxyl groups excluding tert-OH is 1. The smallest absolute Gasteiger partial charge is 0.393 e. The standard InChI is InChI=1S/C30H18BBrF12N2O4S2.C6H12O2.C5H8O2.C3H5BrO/c32-31-45(50-51(47)24-15-21(29(39,40)41)12-22(16-24)30(42,43)44)25(17-7-3-1-4-8-17)26(18-9-5-2-6-10-18)46(31)52(48)49-23-13-19(27(33,34)35)11-20(14-23)28(36,37)38;1-4(5(2)7)6(3)8;1-3(6)5-4(2)7-5;1-3(5)2-4/h1-16,25-26H;4-5,7H,1-3H3;4-5H,1-2H3;2H2,1H3. The highest BCUT2D eigenvalue weighted by atomic mass is 79.9. The summed E-state index contributed by atoms with van der Waals surface area (Å²) in [6, 6.07) is 12.7. The Morgan fingerprint density at radius 2 is 1.08 bits per heavy atom. The maximum atomic E-state index is 13.9. The summed E-state index contributed by atoms with van der Waals surface area (Å²) < 4.78 is 207. The molecule has 2 saturated heterocycles. The number of ketones is 3. The van der Waals surface area contributed by atoms with Crippen LogP contribution in [0.15, 0.2) is 102 Å². The van der Waals surface area contributed by atoms with Crippen molar-refractivity contribution in [3.05, 3.63) is 130 Å². The molecule has 396 valence electrons. The molecular weight excluding hydrogens is 1160 g/mol. The number of nitrogens with zero attached hydrogens (tertiary/aromatic N) is 2. The summed E-state index contributed by atoms with van der Waals surface area (Å²) in [7, 11) is 0. The highest BCUT2D eigenvalue weighted by molar-refractivity contribution is 9.24. The lowest BCUT2D eigenvalue weighted by atomic mass is 9.95. The highest BCUT2D eigenvalue weighted by Crippen LogP contribution is 2.49. The molecule has 6 rings (SSSR count). The van der Waals surface area contributed by atoms with Gasteiger partial charge in [-0.25, -0.2) is 8.49 Å². The van der Waals surface area contributed by atoms with Crippen molar-refractivity contribution in [2.45, 2.75) is 102 Å². The van der Waals surface area contributed by atoms with Gasteiger partial charge in [0, 0.05) is 5.92 Å². The van der Waals surface area contributed by atoms with E-state index in [0.717, 1.165) is 9.19 Å². The quantitative estimate of drug-likeness (QED) is 0.0630. The number of hydrogen-bond acceptors (Lipinski definition) is 10. The first-order valence-corrected chi connectivity index (χ1v) is 24.7.